The molecule has 0 aromatic carbocycles. The second-order valence-electron chi connectivity index (χ2n) is 3.54. The third-order valence-corrected chi connectivity index (χ3v) is 2.84. The van der Waals surface area contributed by atoms with Gasteiger partial charge >= 0.3 is 0 Å². The zero-order chi connectivity index (χ0) is 8.04. The van der Waals surface area contributed by atoms with Crippen LogP contribution in [0.25, 0.3) is 0 Å². The summed E-state index contributed by atoms with van der Waals surface area (Å²) < 4.78 is 0. The van der Waals surface area contributed by atoms with Crippen molar-refractivity contribution in [3.63, 3.8) is 0 Å². The Hall–Kier alpha value is 0.137. The number of rotatable bonds is 5. The third kappa shape index (κ3) is 8.14. The van der Waals surface area contributed by atoms with Crippen molar-refractivity contribution >= 4 is 8.07 Å². The van der Waals surface area contributed by atoms with Gasteiger partial charge in [-0.15, -0.1) is 0 Å². The highest BCUT2D eigenvalue weighted by Gasteiger charge is 2.11. The van der Waals surface area contributed by atoms with E-state index in [0.29, 0.717) is 6.61 Å². The highest BCUT2D eigenvalue weighted by Crippen LogP contribution is 2.07. The highest BCUT2D eigenvalue weighted by atomic mass is 28.3. The summed E-state index contributed by atoms with van der Waals surface area (Å²) in [6.07, 6.45) is 0. The second kappa shape index (κ2) is 4.88. The fourth-order valence-corrected chi connectivity index (χ4v) is 1.19. The second-order valence-corrected chi connectivity index (χ2v) is 9.16. The van der Waals surface area contributed by atoms with Crippen LogP contribution in [0.15, 0.2) is 0 Å². The molecule has 0 aliphatic carbocycles. The Balaban J connectivity index is 3.04. The molecular formula is C7H18O2Si. The van der Waals surface area contributed by atoms with Gasteiger partial charge in [-0.1, -0.05) is 19.6 Å². The van der Waals surface area contributed by atoms with Gasteiger partial charge in [0.25, 0.3) is 0 Å². The Kier molecular flexibility index (Phi) is 4.94. The lowest BCUT2D eigenvalue weighted by atomic mass is 10.9. The maximum absolute atomic E-state index is 4.89. The van der Waals surface area contributed by atoms with Crippen molar-refractivity contribution < 1.29 is 9.78 Å². The van der Waals surface area contributed by atoms with Gasteiger partial charge in [0, 0.05) is 8.07 Å². The molecule has 0 aromatic rings. The van der Waals surface area contributed by atoms with E-state index in [-0.39, 0.29) is 0 Å². The lowest BCUT2D eigenvalue weighted by Gasteiger charge is -2.14. The molecule has 62 valence electrons. The Morgan fingerprint density at radius 3 is 2.10 bits per heavy atom. The fraction of sp³-hybridized carbons (Fsp3) is 1.00. The lowest BCUT2D eigenvalue weighted by molar-refractivity contribution is -0.287. The van der Waals surface area contributed by atoms with Gasteiger partial charge in [-0.3, -0.25) is 0 Å². The molecule has 0 saturated carbocycles. The zero-order valence-corrected chi connectivity index (χ0v) is 8.44. The van der Waals surface area contributed by atoms with Crippen molar-refractivity contribution in [3.05, 3.63) is 0 Å². The van der Waals surface area contributed by atoms with Crippen LogP contribution >= 0.6 is 0 Å². The molecule has 0 fully saturated rings. The van der Waals surface area contributed by atoms with Crippen LogP contribution in [-0.2, 0) is 9.78 Å². The molecule has 0 N–H and O–H groups in total. The molecular weight excluding hydrogens is 144 g/mol. The molecule has 0 radical (unpaired) electrons. The summed E-state index contributed by atoms with van der Waals surface area (Å²) in [6.45, 7) is 10.3. The molecule has 0 bridgehead atoms. The molecule has 0 atom stereocenters. The summed E-state index contributed by atoms with van der Waals surface area (Å²) in [6, 6.07) is 1.17. The molecule has 10 heavy (non-hydrogen) atoms. The standard InChI is InChI=1S/C7H18O2Si/c1-5-8-9-6-7-10(2,3)4/h5-7H2,1-4H3. The van der Waals surface area contributed by atoms with Crippen molar-refractivity contribution in [2.75, 3.05) is 13.2 Å². The van der Waals surface area contributed by atoms with Crippen molar-refractivity contribution in [2.45, 2.75) is 32.6 Å². The Morgan fingerprint density at radius 2 is 1.70 bits per heavy atom. The van der Waals surface area contributed by atoms with Gasteiger partial charge in [-0.2, -0.15) is 0 Å². The van der Waals surface area contributed by atoms with E-state index < -0.39 is 8.07 Å². The quantitative estimate of drug-likeness (QED) is 0.267. The van der Waals surface area contributed by atoms with Crippen LogP contribution in [-0.4, -0.2) is 21.3 Å². The summed E-state index contributed by atoms with van der Waals surface area (Å²) in [7, 11) is -0.912. The molecule has 0 saturated heterocycles. The summed E-state index contributed by atoms with van der Waals surface area (Å²) in [5.74, 6) is 0. The van der Waals surface area contributed by atoms with E-state index in [0.717, 1.165) is 6.61 Å². The molecule has 0 amide bonds. The largest absolute Gasteiger partial charge is 0.237 e. The minimum Gasteiger partial charge on any atom is -0.237 e. The van der Waals surface area contributed by atoms with Crippen LogP contribution in [0.2, 0.25) is 25.7 Å². The average molecular weight is 162 g/mol. The maximum Gasteiger partial charge on any atom is 0.0798 e. The first-order valence-electron chi connectivity index (χ1n) is 3.80. The van der Waals surface area contributed by atoms with Crippen molar-refractivity contribution in [3.8, 4) is 0 Å². The monoisotopic (exact) mass is 162 g/mol. The van der Waals surface area contributed by atoms with Gasteiger partial charge in [0.2, 0.25) is 0 Å². The lowest BCUT2D eigenvalue weighted by Crippen LogP contribution is -2.21. The summed E-state index contributed by atoms with van der Waals surface area (Å²) in [5, 5.41) is 0. The van der Waals surface area contributed by atoms with E-state index in [1.165, 1.54) is 6.04 Å². The van der Waals surface area contributed by atoms with Crippen molar-refractivity contribution in [2.24, 2.45) is 0 Å². The fourth-order valence-electron chi connectivity index (χ4n) is 0.490. The van der Waals surface area contributed by atoms with Gasteiger partial charge < -0.3 is 0 Å². The molecule has 0 rings (SSSR count). The van der Waals surface area contributed by atoms with Crippen LogP contribution in [0.1, 0.15) is 6.92 Å². The first-order chi connectivity index (χ1) is 4.56. The van der Waals surface area contributed by atoms with Gasteiger partial charge in [0.15, 0.2) is 0 Å². The van der Waals surface area contributed by atoms with Crippen LogP contribution in [0.5, 0.6) is 0 Å². The third-order valence-electron chi connectivity index (χ3n) is 1.14. The Labute approximate surface area is 64.5 Å². The maximum atomic E-state index is 4.89. The predicted octanol–water partition coefficient (Wildman–Crippen LogP) is 2.29. The smallest absolute Gasteiger partial charge is 0.0798 e. The normalized spacial score (nSPS) is 12.0. The van der Waals surface area contributed by atoms with Crippen molar-refractivity contribution in [1.82, 2.24) is 0 Å². The molecule has 0 aromatic heterocycles. The number of hydrogen-bond donors (Lipinski definition) is 0. The van der Waals surface area contributed by atoms with E-state index in [4.69, 9.17) is 9.78 Å². The minimum absolute atomic E-state index is 0.645. The Bertz CT molecular complexity index is 78.2. The first-order valence-corrected chi connectivity index (χ1v) is 7.51. The van der Waals surface area contributed by atoms with Crippen molar-refractivity contribution in [1.29, 1.82) is 0 Å². The molecule has 2 nitrogen and oxygen atoms in total. The van der Waals surface area contributed by atoms with Gasteiger partial charge in [-0.05, 0) is 13.0 Å². The van der Waals surface area contributed by atoms with E-state index in [9.17, 15) is 0 Å². The van der Waals surface area contributed by atoms with E-state index >= 15 is 0 Å². The SMILES string of the molecule is CCOOCC[Si](C)(C)C. The summed E-state index contributed by atoms with van der Waals surface area (Å²) in [5.41, 5.74) is 0. The van der Waals surface area contributed by atoms with E-state index in [2.05, 4.69) is 19.6 Å². The molecule has 0 unspecified atom stereocenters. The van der Waals surface area contributed by atoms with Crippen LogP contribution in [0.3, 0.4) is 0 Å². The first kappa shape index (κ1) is 10.1. The van der Waals surface area contributed by atoms with Gasteiger partial charge in [0.05, 0.1) is 13.2 Å². The van der Waals surface area contributed by atoms with Crippen LogP contribution in [0, 0.1) is 0 Å². The highest BCUT2D eigenvalue weighted by molar-refractivity contribution is 6.76. The molecule has 0 heterocycles. The zero-order valence-electron chi connectivity index (χ0n) is 7.44. The number of hydrogen-bond acceptors (Lipinski definition) is 2. The van der Waals surface area contributed by atoms with Gasteiger partial charge in [0.1, 0.15) is 0 Å². The average Bonchev–Trinajstić information content (AvgIpc) is 1.78. The summed E-state index contributed by atoms with van der Waals surface area (Å²) in [4.78, 5) is 9.64. The Morgan fingerprint density at radius 1 is 1.10 bits per heavy atom. The molecule has 0 spiro atoms. The molecule has 0 aliphatic rings. The topological polar surface area (TPSA) is 18.5 Å². The summed E-state index contributed by atoms with van der Waals surface area (Å²) >= 11 is 0. The van der Waals surface area contributed by atoms with Crippen LogP contribution in [0.4, 0.5) is 0 Å². The van der Waals surface area contributed by atoms with E-state index in [1.807, 2.05) is 6.92 Å². The minimum atomic E-state index is -0.912. The predicted molar refractivity (Wildman–Crippen MR) is 45.7 cm³/mol. The van der Waals surface area contributed by atoms with Gasteiger partial charge in [-0.25, -0.2) is 9.78 Å². The molecule has 0 aliphatic heterocycles. The van der Waals surface area contributed by atoms with Crippen LogP contribution < -0.4 is 0 Å². The molecule has 3 heteroatoms. The van der Waals surface area contributed by atoms with E-state index in [1.54, 1.807) is 0 Å².